The summed E-state index contributed by atoms with van der Waals surface area (Å²) in [5.41, 5.74) is 1.63. The highest BCUT2D eigenvalue weighted by Gasteiger charge is 2.27. The Morgan fingerprint density at radius 2 is 1.92 bits per heavy atom. The third-order valence-corrected chi connectivity index (χ3v) is 6.37. The number of halogens is 1. The molecular weight excluding hydrogens is 475 g/mol. The number of aromatic amines is 1. The Morgan fingerprint density at radius 3 is 2.62 bits per heavy atom. The number of rotatable bonds is 10. The van der Waals surface area contributed by atoms with E-state index in [1.807, 2.05) is 42.2 Å². The Morgan fingerprint density at radius 1 is 1.11 bits per heavy atom. The predicted octanol–water partition coefficient (Wildman–Crippen LogP) is 2.42. The van der Waals surface area contributed by atoms with Crippen LogP contribution in [0, 0.1) is 11.7 Å². The molecule has 1 aliphatic heterocycles. The minimum Gasteiger partial charge on any atom is -0.379 e. The molecule has 0 radical (unpaired) electrons. The van der Waals surface area contributed by atoms with Gasteiger partial charge >= 0.3 is 0 Å². The molecule has 2 unspecified atom stereocenters. The van der Waals surface area contributed by atoms with Crippen LogP contribution in [0.4, 0.5) is 4.39 Å². The minimum atomic E-state index is -0.839. The lowest BCUT2D eigenvalue weighted by Gasteiger charge is -2.25. The lowest BCUT2D eigenvalue weighted by molar-refractivity contribution is 0.0937. The van der Waals surface area contributed by atoms with E-state index in [0.717, 1.165) is 5.56 Å². The fourth-order valence-corrected chi connectivity index (χ4v) is 4.54. The number of benzene rings is 2. The number of para-hydroxylation sites is 1. The number of hydrogen-bond donors (Lipinski definition) is 4. The van der Waals surface area contributed by atoms with Gasteiger partial charge in [-0.25, -0.2) is 18.8 Å². The molecule has 1 aromatic heterocycles. The summed E-state index contributed by atoms with van der Waals surface area (Å²) in [5.74, 6) is 4.31. The molecule has 1 fully saturated rings. The van der Waals surface area contributed by atoms with E-state index >= 15 is 0 Å². The number of aromatic nitrogens is 1. The second kappa shape index (κ2) is 11.8. The first-order valence-corrected chi connectivity index (χ1v) is 11.9. The van der Waals surface area contributed by atoms with Crippen molar-refractivity contribution in [3.05, 3.63) is 89.1 Å². The van der Waals surface area contributed by atoms with Crippen LogP contribution in [0.5, 0.6) is 0 Å². The van der Waals surface area contributed by atoms with E-state index in [4.69, 9.17) is 0 Å². The van der Waals surface area contributed by atoms with Gasteiger partial charge in [0.05, 0.1) is 23.3 Å². The number of fused-ring (bicyclic) bond motifs is 1. The third-order valence-electron chi connectivity index (χ3n) is 6.37. The smallest absolute Gasteiger partial charge is 0.268 e. The second-order valence-corrected chi connectivity index (χ2v) is 8.82. The van der Waals surface area contributed by atoms with Crippen LogP contribution < -0.4 is 16.0 Å². The number of carbonyl (C=O) groups excluding carboxylic acids is 4. The molecule has 1 saturated heterocycles. The molecule has 188 valence electrons. The standard InChI is InChI=1S/C28H25FN4O4/c29-22-8-4-7-20-15-24(32-27(20)22)28(37)33-23(13-18-5-2-1-3-6-18)26(17-36)31-21(10-12-34)14-19-9-11-30-25(19)16-35/h1-8,10,15,19,21,23,30-32H,9,11,13-14H2,(H,33,37)/t19-,21?,23?/m0/s1. The van der Waals surface area contributed by atoms with Crippen molar-refractivity contribution in [1.29, 1.82) is 0 Å². The van der Waals surface area contributed by atoms with Crippen LogP contribution in [0.2, 0.25) is 0 Å². The normalized spacial score (nSPS) is 16.0. The first kappa shape index (κ1) is 25.4. The molecule has 0 aliphatic carbocycles. The van der Waals surface area contributed by atoms with Gasteiger partial charge < -0.3 is 20.9 Å². The summed E-state index contributed by atoms with van der Waals surface area (Å²) in [4.78, 5) is 50.5. The van der Waals surface area contributed by atoms with E-state index in [0.29, 0.717) is 30.5 Å². The third kappa shape index (κ3) is 6.13. The molecule has 0 bridgehead atoms. The average Bonchev–Trinajstić information content (AvgIpc) is 3.55. The number of H-pyrrole nitrogens is 1. The fourth-order valence-electron chi connectivity index (χ4n) is 4.54. The Hall–Kier alpha value is -4.67. The van der Waals surface area contributed by atoms with Gasteiger partial charge in [-0.15, -0.1) is 0 Å². The molecule has 4 rings (SSSR count). The molecule has 9 heteroatoms. The Bertz CT molecular complexity index is 1430. The number of hydrogen-bond acceptors (Lipinski definition) is 6. The summed E-state index contributed by atoms with van der Waals surface area (Å²) >= 11 is 0. The predicted molar refractivity (Wildman–Crippen MR) is 136 cm³/mol. The molecule has 8 nitrogen and oxygen atoms in total. The SMILES string of the molecule is O=C=CC(C[C@@H]1CCNC1=C=O)NC(=C=O)C(Cc1ccccc1)NC(=O)c1cc2cccc(F)c2[nH]1. The van der Waals surface area contributed by atoms with Gasteiger partial charge in [-0.05, 0) is 37.0 Å². The van der Waals surface area contributed by atoms with Crippen molar-refractivity contribution < 1.29 is 23.6 Å². The van der Waals surface area contributed by atoms with E-state index in [9.17, 15) is 23.6 Å². The van der Waals surface area contributed by atoms with Crippen LogP contribution in [0.3, 0.4) is 0 Å². The van der Waals surface area contributed by atoms with Crippen LogP contribution in [-0.2, 0) is 20.8 Å². The van der Waals surface area contributed by atoms with Gasteiger partial charge in [-0.2, -0.15) is 0 Å². The van der Waals surface area contributed by atoms with Crippen molar-refractivity contribution in [2.24, 2.45) is 5.92 Å². The maximum absolute atomic E-state index is 14.1. The van der Waals surface area contributed by atoms with E-state index in [2.05, 4.69) is 20.9 Å². The van der Waals surface area contributed by atoms with Gasteiger partial charge in [0.25, 0.3) is 5.91 Å². The number of amides is 1. The quantitative estimate of drug-likeness (QED) is 0.318. The summed E-state index contributed by atoms with van der Waals surface area (Å²) in [6, 6.07) is 13.8. The zero-order valence-electron chi connectivity index (χ0n) is 19.8. The summed E-state index contributed by atoms with van der Waals surface area (Å²) in [5, 5.41) is 9.34. The van der Waals surface area contributed by atoms with Crippen molar-refractivity contribution in [2.75, 3.05) is 6.54 Å². The monoisotopic (exact) mass is 500 g/mol. The van der Waals surface area contributed by atoms with Gasteiger partial charge in [0.15, 0.2) is 0 Å². The molecule has 1 aliphatic rings. The molecule has 1 amide bonds. The molecule has 3 atom stereocenters. The molecule has 2 heterocycles. The molecule has 4 N–H and O–H groups in total. The van der Waals surface area contributed by atoms with Crippen LogP contribution in [-0.4, -0.2) is 47.3 Å². The van der Waals surface area contributed by atoms with Crippen LogP contribution in [0.1, 0.15) is 28.9 Å². The van der Waals surface area contributed by atoms with Crippen molar-refractivity contribution in [1.82, 2.24) is 20.9 Å². The number of allylic oxidation sites excluding steroid dienone is 1. The maximum atomic E-state index is 14.1. The largest absolute Gasteiger partial charge is 0.379 e. The summed E-state index contributed by atoms with van der Waals surface area (Å²) in [7, 11) is 0. The van der Waals surface area contributed by atoms with Crippen molar-refractivity contribution in [3.63, 3.8) is 0 Å². The Labute approximate surface area is 212 Å². The zero-order chi connectivity index (χ0) is 26.2. The van der Waals surface area contributed by atoms with Crippen LogP contribution >= 0.6 is 0 Å². The lowest BCUT2D eigenvalue weighted by atomic mass is 9.95. The van der Waals surface area contributed by atoms with Crippen molar-refractivity contribution in [3.8, 4) is 0 Å². The van der Waals surface area contributed by atoms with E-state index < -0.39 is 23.8 Å². The summed E-state index contributed by atoms with van der Waals surface area (Å²) in [6.07, 6.45) is 2.50. The van der Waals surface area contributed by atoms with Gasteiger partial charge in [-0.1, -0.05) is 42.5 Å². The van der Waals surface area contributed by atoms with Gasteiger partial charge in [0, 0.05) is 23.9 Å². The second-order valence-electron chi connectivity index (χ2n) is 8.82. The van der Waals surface area contributed by atoms with Gasteiger partial charge in [-0.3, -0.25) is 4.79 Å². The minimum absolute atomic E-state index is 0.0265. The molecule has 0 saturated carbocycles. The maximum Gasteiger partial charge on any atom is 0.268 e. The molecule has 0 spiro atoms. The molecular formula is C28H25FN4O4. The highest BCUT2D eigenvalue weighted by atomic mass is 19.1. The summed E-state index contributed by atoms with van der Waals surface area (Å²) < 4.78 is 14.1. The van der Waals surface area contributed by atoms with Crippen LogP contribution in [0.15, 0.2) is 72.1 Å². The highest BCUT2D eigenvalue weighted by molar-refractivity contribution is 5.98. The van der Waals surface area contributed by atoms with Crippen molar-refractivity contribution >= 4 is 34.6 Å². The van der Waals surface area contributed by atoms with E-state index in [1.54, 1.807) is 18.1 Å². The Kier molecular flexibility index (Phi) is 8.14. The first-order chi connectivity index (χ1) is 18.0. The lowest BCUT2D eigenvalue weighted by Crippen LogP contribution is -2.45. The number of nitrogens with one attached hydrogen (secondary N) is 4. The van der Waals surface area contributed by atoms with Gasteiger partial charge in [0.2, 0.25) is 0 Å². The number of carbonyl (C=O) groups is 1. The molecule has 3 aromatic rings. The first-order valence-electron chi connectivity index (χ1n) is 11.9. The zero-order valence-corrected chi connectivity index (χ0v) is 19.8. The van der Waals surface area contributed by atoms with E-state index in [1.165, 1.54) is 18.2 Å². The topological polar surface area (TPSA) is 120 Å². The average molecular weight is 501 g/mol. The molecule has 2 aromatic carbocycles. The van der Waals surface area contributed by atoms with Crippen LogP contribution in [0.25, 0.3) is 10.9 Å². The fraction of sp³-hybridized carbons (Fsp3) is 0.250. The van der Waals surface area contributed by atoms with Crippen molar-refractivity contribution in [2.45, 2.75) is 31.3 Å². The summed E-state index contributed by atoms with van der Waals surface area (Å²) in [6.45, 7) is 0.612. The van der Waals surface area contributed by atoms with E-state index in [-0.39, 0.29) is 29.2 Å². The highest BCUT2D eigenvalue weighted by Crippen LogP contribution is 2.23. The molecule has 37 heavy (non-hydrogen) atoms. The Balaban J connectivity index is 1.59. The van der Waals surface area contributed by atoms with Gasteiger partial charge in [0.1, 0.15) is 35.0 Å².